The molecule has 1 aliphatic rings. The SMILES string of the molecule is CC(C)(C)OC=O.O[C@@H]1CNCC[C@H]1c1ccccc1. The van der Waals surface area contributed by atoms with E-state index in [0.717, 1.165) is 19.5 Å². The Bertz CT molecular complexity index is 386. The van der Waals surface area contributed by atoms with Gasteiger partial charge in [0.1, 0.15) is 5.60 Å². The molecular formula is C16H25NO3. The molecule has 2 atom stereocenters. The molecule has 1 saturated heterocycles. The predicted octanol–water partition coefficient (Wildman–Crippen LogP) is 2.08. The van der Waals surface area contributed by atoms with E-state index in [1.807, 2.05) is 39.0 Å². The van der Waals surface area contributed by atoms with Crippen LogP contribution in [0.2, 0.25) is 0 Å². The minimum Gasteiger partial charge on any atom is -0.462 e. The lowest BCUT2D eigenvalue weighted by Crippen LogP contribution is -2.39. The summed E-state index contributed by atoms with van der Waals surface area (Å²) in [5.74, 6) is 0.322. The molecule has 2 rings (SSSR count). The molecule has 0 radical (unpaired) electrons. The van der Waals surface area contributed by atoms with Gasteiger partial charge in [0, 0.05) is 12.5 Å². The lowest BCUT2D eigenvalue weighted by Gasteiger charge is -2.28. The largest absolute Gasteiger partial charge is 0.462 e. The first-order chi connectivity index (χ1) is 9.44. The van der Waals surface area contributed by atoms with Crippen LogP contribution in [0.25, 0.3) is 0 Å². The van der Waals surface area contributed by atoms with Gasteiger partial charge in [-0.15, -0.1) is 0 Å². The van der Waals surface area contributed by atoms with Crippen LogP contribution >= 0.6 is 0 Å². The number of β-amino-alcohol motifs (C(OH)–C–C–N with tert-alkyl or cyclic N) is 1. The quantitative estimate of drug-likeness (QED) is 0.814. The van der Waals surface area contributed by atoms with E-state index in [4.69, 9.17) is 0 Å². The van der Waals surface area contributed by atoms with Gasteiger partial charge in [-0.25, -0.2) is 0 Å². The number of benzene rings is 1. The van der Waals surface area contributed by atoms with Crippen molar-refractivity contribution in [2.75, 3.05) is 13.1 Å². The number of aliphatic hydroxyl groups excluding tert-OH is 1. The summed E-state index contributed by atoms with van der Waals surface area (Å²) >= 11 is 0. The maximum atomic E-state index is 9.76. The molecule has 20 heavy (non-hydrogen) atoms. The van der Waals surface area contributed by atoms with Crippen LogP contribution in [0.4, 0.5) is 0 Å². The van der Waals surface area contributed by atoms with Crippen molar-refractivity contribution in [2.45, 2.75) is 44.8 Å². The molecule has 2 N–H and O–H groups in total. The minimum atomic E-state index is -0.318. The van der Waals surface area contributed by atoms with Crippen molar-refractivity contribution in [1.29, 1.82) is 0 Å². The van der Waals surface area contributed by atoms with Crippen molar-refractivity contribution in [2.24, 2.45) is 0 Å². The number of hydrogen-bond acceptors (Lipinski definition) is 4. The molecule has 1 aromatic carbocycles. The molecule has 1 aliphatic heterocycles. The number of nitrogens with one attached hydrogen (secondary N) is 1. The Morgan fingerprint density at radius 1 is 1.30 bits per heavy atom. The molecule has 0 aromatic heterocycles. The highest BCUT2D eigenvalue weighted by atomic mass is 16.5. The number of carbonyl (C=O) groups excluding carboxylic acids is 1. The Morgan fingerprint density at radius 3 is 2.40 bits per heavy atom. The fraction of sp³-hybridized carbons (Fsp3) is 0.562. The summed E-state index contributed by atoms with van der Waals surface area (Å²) in [6.07, 6.45) is 0.807. The second-order valence-electron chi connectivity index (χ2n) is 5.90. The van der Waals surface area contributed by atoms with Gasteiger partial charge in [-0.05, 0) is 39.3 Å². The van der Waals surface area contributed by atoms with Crippen molar-refractivity contribution in [3.05, 3.63) is 35.9 Å². The van der Waals surface area contributed by atoms with Gasteiger partial charge >= 0.3 is 0 Å². The standard InChI is InChI=1S/C11H15NO.C5H10O2/c13-11-8-12-7-6-10(11)9-4-2-1-3-5-9;1-5(2,3)7-4-6/h1-5,10-13H,6-8H2;4H,1-3H3/t10-,11+;/m0./s1. The van der Waals surface area contributed by atoms with Gasteiger partial charge in [-0.1, -0.05) is 30.3 Å². The summed E-state index contributed by atoms with van der Waals surface area (Å²) in [5.41, 5.74) is 0.943. The van der Waals surface area contributed by atoms with Crippen LogP contribution in [-0.2, 0) is 9.53 Å². The normalized spacial score (nSPS) is 22.4. The van der Waals surface area contributed by atoms with Crippen LogP contribution in [-0.4, -0.2) is 36.4 Å². The van der Waals surface area contributed by atoms with E-state index in [1.54, 1.807) is 0 Å². The van der Waals surface area contributed by atoms with E-state index in [0.29, 0.717) is 12.4 Å². The first kappa shape index (κ1) is 16.7. The van der Waals surface area contributed by atoms with Crippen molar-refractivity contribution in [3.8, 4) is 0 Å². The third-order valence-corrected chi connectivity index (χ3v) is 3.08. The molecule has 0 bridgehead atoms. The first-order valence-corrected chi connectivity index (χ1v) is 6.99. The molecule has 0 aliphatic carbocycles. The molecule has 4 nitrogen and oxygen atoms in total. The van der Waals surface area contributed by atoms with Gasteiger partial charge in [0.25, 0.3) is 6.47 Å². The fourth-order valence-electron chi connectivity index (χ4n) is 2.08. The van der Waals surface area contributed by atoms with Gasteiger partial charge in [-0.2, -0.15) is 0 Å². The van der Waals surface area contributed by atoms with Crippen LogP contribution < -0.4 is 5.32 Å². The van der Waals surface area contributed by atoms with Crippen LogP contribution in [0.5, 0.6) is 0 Å². The topological polar surface area (TPSA) is 58.6 Å². The van der Waals surface area contributed by atoms with E-state index in [-0.39, 0.29) is 11.7 Å². The number of aliphatic hydroxyl groups is 1. The van der Waals surface area contributed by atoms with Crippen molar-refractivity contribution in [1.82, 2.24) is 5.32 Å². The molecule has 0 spiro atoms. The summed E-state index contributed by atoms with van der Waals surface area (Å²) < 4.78 is 4.55. The summed E-state index contributed by atoms with van der Waals surface area (Å²) in [6, 6.07) is 10.3. The molecule has 1 aromatic rings. The van der Waals surface area contributed by atoms with E-state index in [9.17, 15) is 9.90 Å². The fourth-order valence-corrected chi connectivity index (χ4v) is 2.08. The van der Waals surface area contributed by atoms with Gasteiger partial charge in [0.15, 0.2) is 0 Å². The van der Waals surface area contributed by atoms with Gasteiger partial charge in [0.05, 0.1) is 6.10 Å². The number of piperidine rings is 1. The van der Waals surface area contributed by atoms with Crippen LogP contribution in [0.1, 0.15) is 38.7 Å². The second kappa shape index (κ2) is 8.02. The summed E-state index contributed by atoms with van der Waals surface area (Å²) in [4.78, 5) is 9.60. The van der Waals surface area contributed by atoms with Crippen LogP contribution in [0.3, 0.4) is 0 Å². The Balaban J connectivity index is 0.000000246. The maximum Gasteiger partial charge on any atom is 0.293 e. The number of rotatable bonds is 2. The molecule has 0 unspecified atom stereocenters. The van der Waals surface area contributed by atoms with Crippen molar-refractivity contribution >= 4 is 6.47 Å². The van der Waals surface area contributed by atoms with E-state index in [2.05, 4.69) is 22.2 Å². The Morgan fingerprint density at radius 2 is 1.95 bits per heavy atom. The van der Waals surface area contributed by atoms with Gasteiger partial charge < -0.3 is 15.2 Å². The van der Waals surface area contributed by atoms with Crippen LogP contribution in [0, 0.1) is 0 Å². The number of carbonyl (C=O) groups is 1. The first-order valence-electron chi connectivity index (χ1n) is 6.99. The highest BCUT2D eigenvalue weighted by Crippen LogP contribution is 2.24. The smallest absolute Gasteiger partial charge is 0.293 e. The van der Waals surface area contributed by atoms with Crippen LogP contribution in [0.15, 0.2) is 30.3 Å². The minimum absolute atomic E-state index is 0.226. The third kappa shape index (κ3) is 6.17. The average Bonchev–Trinajstić information content (AvgIpc) is 2.40. The zero-order valence-corrected chi connectivity index (χ0v) is 12.5. The Hall–Kier alpha value is -1.39. The van der Waals surface area contributed by atoms with Crippen molar-refractivity contribution < 1.29 is 14.6 Å². The van der Waals surface area contributed by atoms with E-state index < -0.39 is 0 Å². The predicted molar refractivity (Wildman–Crippen MR) is 79.6 cm³/mol. The second-order valence-corrected chi connectivity index (χ2v) is 5.90. The highest BCUT2D eigenvalue weighted by Gasteiger charge is 2.23. The Kier molecular flexibility index (Phi) is 6.68. The zero-order valence-electron chi connectivity index (χ0n) is 12.5. The monoisotopic (exact) mass is 279 g/mol. The molecule has 1 heterocycles. The third-order valence-electron chi connectivity index (χ3n) is 3.08. The molecular weight excluding hydrogens is 254 g/mol. The molecule has 1 fully saturated rings. The lowest BCUT2D eigenvalue weighted by atomic mass is 9.88. The number of hydrogen-bond donors (Lipinski definition) is 2. The molecule has 0 saturated carbocycles. The summed E-state index contributed by atoms with van der Waals surface area (Å²) in [7, 11) is 0. The van der Waals surface area contributed by atoms with E-state index in [1.165, 1.54) is 5.56 Å². The maximum absolute atomic E-state index is 9.76. The van der Waals surface area contributed by atoms with Gasteiger partial charge in [-0.3, -0.25) is 4.79 Å². The summed E-state index contributed by atoms with van der Waals surface area (Å²) in [5, 5.41) is 12.9. The average molecular weight is 279 g/mol. The number of ether oxygens (including phenoxy) is 1. The summed E-state index contributed by atoms with van der Waals surface area (Å²) in [6.45, 7) is 7.65. The Labute approximate surface area is 121 Å². The highest BCUT2D eigenvalue weighted by molar-refractivity contribution is 5.37. The van der Waals surface area contributed by atoms with Gasteiger partial charge in [0.2, 0.25) is 0 Å². The molecule has 4 heteroatoms. The lowest BCUT2D eigenvalue weighted by molar-refractivity contribution is -0.138. The van der Waals surface area contributed by atoms with Crippen molar-refractivity contribution in [3.63, 3.8) is 0 Å². The molecule has 112 valence electrons. The zero-order chi connectivity index (χ0) is 15.0. The van der Waals surface area contributed by atoms with E-state index >= 15 is 0 Å². The molecule has 0 amide bonds.